The monoisotopic (exact) mass is 398 g/mol. The Morgan fingerprint density at radius 1 is 1.19 bits per heavy atom. The summed E-state index contributed by atoms with van der Waals surface area (Å²) in [5.74, 6) is -3.03. The average Bonchev–Trinajstić information content (AvgIpc) is 2.61. The third-order valence-corrected chi connectivity index (χ3v) is 5.31. The van der Waals surface area contributed by atoms with Gasteiger partial charge in [-0.2, -0.15) is 8.78 Å². The van der Waals surface area contributed by atoms with E-state index in [1.54, 1.807) is 0 Å². The number of anilines is 1. The number of amides is 1. The van der Waals surface area contributed by atoms with Crippen LogP contribution in [-0.2, 0) is 10.0 Å². The lowest BCUT2D eigenvalue weighted by molar-refractivity contribution is 0.102. The Hall–Kier alpha value is -2.23. The number of carbonyl (C=O) groups is 1. The highest BCUT2D eigenvalue weighted by Gasteiger charge is 2.15. The van der Waals surface area contributed by atoms with Gasteiger partial charge in [-0.15, -0.1) is 6.58 Å². The van der Waals surface area contributed by atoms with E-state index in [0.717, 1.165) is 0 Å². The summed E-state index contributed by atoms with van der Waals surface area (Å²) in [6.45, 7) is 3.51. The zero-order valence-electron chi connectivity index (χ0n) is 13.5. The average molecular weight is 398 g/mol. The maximum atomic E-state index is 12.3. The Bertz CT molecular complexity index is 885. The summed E-state index contributed by atoms with van der Waals surface area (Å²) < 4.78 is 51.1. The van der Waals surface area contributed by atoms with Crippen molar-refractivity contribution in [3.8, 4) is 0 Å². The number of thioether (sulfide) groups is 1. The Morgan fingerprint density at radius 3 is 2.50 bits per heavy atom. The van der Waals surface area contributed by atoms with Crippen molar-refractivity contribution in [2.45, 2.75) is 15.5 Å². The molecule has 0 aliphatic carbocycles. The molecule has 0 bridgehead atoms. The van der Waals surface area contributed by atoms with E-state index in [0.29, 0.717) is 22.3 Å². The summed E-state index contributed by atoms with van der Waals surface area (Å²) in [4.78, 5) is 12.6. The number of sulfonamides is 1. The first-order valence-corrected chi connectivity index (χ1v) is 9.75. The second-order valence-electron chi connectivity index (χ2n) is 5.03. The molecule has 0 atom stereocenters. The minimum atomic E-state index is -3.74. The van der Waals surface area contributed by atoms with Crippen molar-refractivity contribution < 1.29 is 22.0 Å². The molecule has 1 amide bonds. The fourth-order valence-electron chi connectivity index (χ4n) is 1.98. The molecule has 26 heavy (non-hydrogen) atoms. The zero-order valence-corrected chi connectivity index (χ0v) is 15.1. The highest BCUT2D eigenvalue weighted by Crippen LogP contribution is 2.26. The van der Waals surface area contributed by atoms with Crippen LogP contribution in [0, 0.1) is 0 Å². The van der Waals surface area contributed by atoms with E-state index in [-0.39, 0.29) is 17.0 Å². The minimum Gasteiger partial charge on any atom is -0.322 e. The predicted octanol–water partition coefficient (Wildman–Crippen LogP) is 3.72. The molecule has 2 rings (SSSR count). The molecule has 0 saturated heterocycles. The molecule has 0 aliphatic rings. The summed E-state index contributed by atoms with van der Waals surface area (Å²) in [6, 6.07) is 11.5. The van der Waals surface area contributed by atoms with E-state index in [1.807, 2.05) is 0 Å². The highest BCUT2D eigenvalue weighted by atomic mass is 32.2. The topological polar surface area (TPSA) is 75.3 Å². The number of benzene rings is 2. The van der Waals surface area contributed by atoms with Crippen LogP contribution >= 0.6 is 11.8 Å². The molecule has 0 aliphatic heterocycles. The molecule has 0 fully saturated rings. The maximum Gasteiger partial charge on any atom is 0.288 e. The van der Waals surface area contributed by atoms with E-state index in [2.05, 4.69) is 16.6 Å². The molecular formula is C17H16F2N2O3S2. The summed E-state index contributed by atoms with van der Waals surface area (Å²) in [6.07, 6.45) is 1.41. The van der Waals surface area contributed by atoms with Gasteiger partial charge in [0.05, 0.1) is 4.90 Å². The molecule has 0 unspecified atom stereocenters. The fourth-order valence-corrected chi connectivity index (χ4v) is 3.52. The largest absolute Gasteiger partial charge is 0.322 e. The summed E-state index contributed by atoms with van der Waals surface area (Å²) in [5.41, 5.74) is 0.559. The molecule has 2 N–H and O–H groups in total. The van der Waals surface area contributed by atoms with Gasteiger partial charge in [0.1, 0.15) is 0 Å². The van der Waals surface area contributed by atoms with Gasteiger partial charge in [0.15, 0.2) is 0 Å². The van der Waals surface area contributed by atoms with Gasteiger partial charge in [-0.25, -0.2) is 13.1 Å². The number of halogens is 2. The maximum absolute atomic E-state index is 12.3. The Morgan fingerprint density at radius 2 is 1.88 bits per heavy atom. The number of alkyl halides is 2. The molecule has 0 saturated carbocycles. The third-order valence-electron chi connectivity index (χ3n) is 3.16. The Balaban J connectivity index is 2.12. The van der Waals surface area contributed by atoms with Crippen LogP contribution < -0.4 is 10.0 Å². The van der Waals surface area contributed by atoms with Crippen molar-refractivity contribution in [1.82, 2.24) is 4.72 Å². The minimum absolute atomic E-state index is 0.0457. The van der Waals surface area contributed by atoms with Crippen LogP contribution in [-0.4, -0.2) is 26.6 Å². The Kier molecular flexibility index (Phi) is 6.90. The number of carbonyl (C=O) groups excluding carboxylic acids is 1. The van der Waals surface area contributed by atoms with Crippen LogP contribution in [0.15, 0.2) is 71.0 Å². The van der Waals surface area contributed by atoms with Crippen molar-refractivity contribution in [3.63, 3.8) is 0 Å². The first kappa shape index (κ1) is 20.1. The summed E-state index contributed by atoms with van der Waals surface area (Å²) >= 11 is 0.407. The molecule has 2 aromatic rings. The molecule has 9 heteroatoms. The van der Waals surface area contributed by atoms with Gasteiger partial charge in [0.25, 0.3) is 11.7 Å². The molecule has 138 valence electrons. The van der Waals surface area contributed by atoms with Crippen LogP contribution in [0.5, 0.6) is 0 Å². The molecule has 0 aromatic heterocycles. The van der Waals surface area contributed by atoms with Crippen molar-refractivity contribution in [1.29, 1.82) is 0 Å². The highest BCUT2D eigenvalue weighted by molar-refractivity contribution is 7.99. The second-order valence-corrected chi connectivity index (χ2v) is 7.86. The fraction of sp³-hybridized carbons (Fsp3) is 0.118. The second kappa shape index (κ2) is 8.93. The molecule has 0 spiro atoms. The van der Waals surface area contributed by atoms with E-state index in [4.69, 9.17) is 0 Å². The predicted molar refractivity (Wildman–Crippen MR) is 98.1 cm³/mol. The Labute approximate surface area is 154 Å². The van der Waals surface area contributed by atoms with E-state index in [1.165, 1.54) is 54.6 Å². The number of hydrogen-bond donors (Lipinski definition) is 2. The van der Waals surface area contributed by atoms with Crippen LogP contribution in [0.4, 0.5) is 14.5 Å². The first-order chi connectivity index (χ1) is 12.3. The summed E-state index contributed by atoms with van der Waals surface area (Å²) in [5, 5.41) is 2.59. The van der Waals surface area contributed by atoms with Crippen LogP contribution in [0.2, 0.25) is 0 Å². The lowest BCUT2D eigenvalue weighted by atomic mass is 10.2. The molecule has 2 aromatic carbocycles. The van der Waals surface area contributed by atoms with Gasteiger partial charge < -0.3 is 5.32 Å². The third kappa shape index (κ3) is 5.65. The normalized spacial score (nSPS) is 11.3. The van der Waals surface area contributed by atoms with E-state index < -0.39 is 21.7 Å². The van der Waals surface area contributed by atoms with Crippen LogP contribution in [0.25, 0.3) is 0 Å². The smallest absolute Gasteiger partial charge is 0.288 e. The first-order valence-electron chi connectivity index (χ1n) is 7.38. The van der Waals surface area contributed by atoms with Crippen molar-refractivity contribution in [3.05, 3.63) is 66.7 Å². The quantitative estimate of drug-likeness (QED) is 0.525. The number of hydrogen-bond acceptors (Lipinski definition) is 4. The van der Waals surface area contributed by atoms with Crippen molar-refractivity contribution in [2.24, 2.45) is 0 Å². The SMILES string of the molecule is C=CCNS(=O)(=O)c1cccc(C(=O)Nc2ccc(SC(F)F)cc2)c1. The van der Waals surface area contributed by atoms with E-state index in [9.17, 15) is 22.0 Å². The van der Waals surface area contributed by atoms with Crippen LogP contribution in [0.1, 0.15) is 10.4 Å². The lowest BCUT2D eigenvalue weighted by Gasteiger charge is -2.09. The lowest BCUT2D eigenvalue weighted by Crippen LogP contribution is -2.24. The van der Waals surface area contributed by atoms with Gasteiger partial charge in [0, 0.05) is 22.7 Å². The van der Waals surface area contributed by atoms with Gasteiger partial charge in [0.2, 0.25) is 10.0 Å². The van der Waals surface area contributed by atoms with Gasteiger partial charge in [-0.3, -0.25) is 4.79 Å². The van der Waals surface area contributed by atoms with Crippen LogP contribution in [0.3, 0.4) is 0 Å². The molecule has 0 radical (unpaired) electrons. The van der Waals surface area contributed by atoms with Gasteiger partial charge in [-0.1, -0.05) is 23.9 Å². The molecular weight excluding hydrogens is 382 g/mol. The van der Waals surface area contributed by atoms with Gasteiger partial charge >= 0.3 is 0 Å². The zero-order chi connectivity index (χ0) is 19.2. The van der Waals surface area contributed by atoms with Gasteiger partial charge in [-0.05, 0) is 42.5 Å². The summed E-state index contributed by atoms with van der Waals surface area (Å²) in [7, 11) is -3.74. The van der Waals surface area contributed by atoms with E-state index >= 15 is 0 Å². The van der Waals surface area contributed by atoms with Crippen molar-refractivity contribution in [2.75, 3.05) is 11.9 Å². The molecule has 5 nitrogen and oxygen atoms in total. The molecule has 0 heterocycles. The number of nitrogens with one attached hydrogen (secondary N) is 2. The van der Waals surface area contributed by atoms with Crippen molar-refractivity contribution >= 4 is 33.4 Å². The standard InChI is InChI=1S/C17H16F2N2O3S2/c1-2-10-20-26(23,24)15-5-3-4-12(11-15)16(22)21-13-6-8-14(9-7-13)25-17(18)19/h2-9,11,17,20H,1,10H2,(H,21,22). The number of rotatable bonds is 8.